The minimum absolute atomic E-state index is 0.544. The van der Waals surface area contributed by atoms with Crippen LogP contribution >= 0.6 is 0 Å². The van der Waals surface area contributed by atoms with Crippen LogP contribution in [-0.4, -0.2) is 18.1 Å². The molecule has 2 nitrogen and oxygen atoms in total. The van der Waals surface area contributed by atoms with E-state index >= 15 is 0 Å². The highest BCUT2D eigenvalue weighted by Gasteiger charge is 2.08. The van der Waals surface area contributed by atoms with Crippen molar-refractivity contribution in [3.8, 4) is 0 Å². The minimum atomic E-state index is 0.544. The summed E-state index contributed by atoms with van der Waals surface area (Å²) in [6.45, 7) is 4.41. The van der Waals surface area contributed by atoms with Crippen molar-refractivity contribution in [2.75, 3.05) is 0 Å². The Morgan fingerprint density at radius 3 is 1.29 bits per heavy atom. The third kappa shape index (κ3) is 12.0. The van der Waals surface area contributed by atoms with Crippen LogP contribution in [0.25, 0.3) is 0 Å². The predicted molar refractivity (Wildman–Crippen MR) is 97.7 cm³/mol. The van der Waals surface area contributed by atoms with E-state index in [4.69, 9.17) is 0 Å². The van der Waals surface area contributed by atoms with E-state index in [2.05, 4.69) is 13.8 Å². The van der Waals surface area contributed by atoms with Gasteiger partial charge in [0.2, 0.25) is 0 Å². The first-order valence-electron chi connectivity index (χ1n) is 8.61. The highest BCUT2D eigenvalue weighted by molar-refractivity contribution is 7.76. The molecule has 0 N–H and O–H groups in total. The highest BCUT2D eigenvalue weighted by Crippen LogP contribution is 2.10. The number of hydrogen-bond donors (Lipinski definition) is 0. The lowest BCUT2D eigenvalue weighted by Crippen LogP contribution is -2.14. The van der Waals surface area contributed by atoms with E-state index in [0.717, 1.165) is 41.8 Å². The summed E-state index contributed by atoms with van der Waals surface area (Å²) in [5.74, 6) is 0. The SMILES string of the molecule is CCCCCCCCCC(=S=O)C(CCCCCC)=S=O. The van der Waals surface area contributed by atoms with Gasteiger partial charge in [-0.2, -0.15) is 0 Å². The molecule has 4 heteroatoms. The van der Waals surface area contributed by atoms with Gasteiger partial charge in [0.15, 0.2) is 0 Å². The Kier molecular flexibility index (Phi) is 16.0. The van der Waals surface area contributed by atoms with Gasteiger partial charge in [0.05, 0.1) is 32.2 Å². The summed E-state index contributed by atoms with van der Waals surface area (Å²) in [7, 11) is 0. The van der Waals surface area contributed by atoms with E-state index < -0.39 is 0 Å². The van der Waals surface area contributed by atoms with Gasteiger partial charge in [-0.1, -0.05) is 71.6 Å². The molecule has 0 bridgehead atoms. The molecule has 0 amide bonds. The van der Waals surface area contributed by atoms with Crippen LogP contribution in [0, 0.1) is 0 Å². The summed E-state index contributed by atoms with van der Waals surface area (Å²) in [6, 6.07) is 0. The maximum Gasteiger partial charge on any atom is 0.0933 e. The van der Waals surface area contributed by atoms with E-state index in [9.17, 15) is 8.42 Å². The largest absolute Gasteiger partial charge is 0.212 e. The molecule has 0 radical (unpaired) electrons. The second kappa shape index (κ2) is 16.2. The maximum absolute atomic E-state index is 11.2. The molecule has 21 heavy (non-hydrogen) atoms. The average molecular weight is 333 g/mol. The van der Waals surface area contributed by atoms with Gasteiger partial charge in [-0.3, -0.25) is 0 Å². The van der Waals surface area contributed by atoms with Gasteiger partial charge in [-0.15, -0.1) is 0 Å². The van der Waals surface area contributed by atoms with Crippen LogP contribution in [0.5, 0.6) is 0 Å². The van der Waals surface area contributed by atoms with Crippen LogP contribution in [0.15, 0.2) is 0 Å². The number of hydrogen-bond acceptors (Lipinski definition) is 2. The quantitative estimate of drug-likeness (QED) is 0.336. The first-order chi connectivity index (χ1) is 10.3. The molecule has 0 atom stereocenters. The van der Waals surface area contributed by atoms with Crippen molar-refractivity contribution in [1.29, 1.82) is 0 Å². The average Bonchev–Trinajstić information content (AvgIpc) is 2.51. The lowest BCUT2D eigenvalue weighted by Gasteiger charge is -2.05. The molecule has 0 unspecified atom stereocenters. The summed E-state index contributed by atoms with van der Waals surface area (Å²) in [4.78, 5) is 1.61. The lowest BCUT2D eigenvalue weighted by atomic mass is 10.0. The predicted octanol–water partition coefficient (Wildman–Crippen LogP) is 4.87. The molecule has 0 aliphatic rings. The molecule has 0 aliphatic heterocycles. The summed E-state index contributed by atoms with van der Waals surface area (Å²) >= 11 is 1.09. The fraction of sp³-hybridized carbons (Fsp3) is 0.882. The Morgan fingerprint density at radius 1 is 0.571 bits per heavy atom. The first-order valence-corrected chi connectivity index (χ1v) is 10.1. The molecule has 0 aromatic carbocycles. The Bertz CT molecular complexity index is 354. The Balaban J connectivity index is 3.91. The number of unbranched alkanes of at least 4 members (excludes halogenated alkanes) is 9. The minimum Gasteiger partial charge on any atom is -0.212 e. The third-order valence-corrected chi connectivity index (χ3v) is 5.21. The van der Waals surface area contributed by atoms with E-state index in [0.29, 0.717) is 22.5 Å². The van der Waals surface area contributed by atoms with Crippen LogP contribution in [0.1, 0.15) is 97.3 Å². The van der Waals surface area contributed by atoms with E-state index in [1.54, 1.807) is 0 Å². The van der Waals surface area contributed by atoms with Crippen LogP contribution in [0.2, 0.25) is 0 Å². The molecular formula is C17H32O2S2. The monoisotopic (exact) mass is 332 g/mol. The fourth-order valence-electron chi connectivity index (χ4n) is 2.41. The molecule has 0 rings (SSSR count). The van der Waals surface area contributed by atoms with Gasteiger partial charge >= 0.3 is 0 Å². The Morgan fingerprint density at radius 2 is 0.905 bits per heavy atom. The Labute approximate surface area is 138 Å². The topological polar surface area (TPSA) is 34.1 Å². The molecule has 0 aliphatic carbocycles. The zero-order valence-corrected chi connectivity index (χ0v) is 15.5. The van der Waals surface area contributed by atoms with Crippen LogP contribution in [0.3, 0.4) is 0 Å². The van der Waals surface area contributed by atoms with Crippen molar-refractivity contribution >= 4 is 32.2 Å². The Hall–Kier alpha value is -0.220. The van der Waals surface area contributed by atoms with Crippen LogP contribution in [-0.2, 0) is 22.5 Å². The molecule has 0 fully saturated rings. The highest BCUT2D eigenvalue weighted by atomic mass is 32.1. The summed E-state index contributed by atoms with van der Waals surface area (Å²) in [6.07, 6.45) is 15.0. The van der Waals surface area contributed by atoms with Gasteiger partial charge < -0.3 is 0 Å². The second-order valence-electron chi connectivity index (χ2n) is 5.69. The fourth-order valence-corrected chi connectivity index (χ4v) is 3.46. The van der Waals surface area contributed by atoms with E-state index in [-0.39, 0.29) is 0 Å². The van der Waals surface area contributed by atoms with Crippen molar-refractivity contribution in [2.45, 2.75) is 97.3 Å². The molecule has 0 aromatic rings. The summed E-state index contributed by atoms with van der Waals surface area (Å²) in [5.41, 5.74) is 0. The van der Waals surface area contributed by atoms with Gasteiger partial charge in [-0.25, -0.2) is 8.42 Å². The molecule has 0 aromatic heterocycles. The smallest absolute Gasteiger partial charge is 0.0933 e. The molecule has 0 saturated carbocycles. The van der Waals surface area contributed by atoms with Gasteiger partial charge in [0.1, 0.15) is 0 Å². The zero-order valence-electron chi connectivity index (χ0n) is 13.8. The number of rotatable bonds is 14. The summed E-state index contributed by atoms with van der Waals surface area (Å²) in [5, 5.41) is 0. The van der Waals surface area contributed by atoms with Crippen molar-refractivity contribution in [1.82, 2.24) is 0 Å². The third-order valence-electron chi connectivity index (χ3n) is 3.78. The lowest BCUT2D eigenvalue weighted by molar-refractivity contribution is 0.596. The van der Waals surface area contributed by atoms with E-state index in [1.807, 2.05) is 0 Å². The molecule has 0 heterocycles. The van der Waals surface area contributed by atoms with Crippen molar-refractivity contribution in [3.05, 3.63) is 0 Å². The molecule has 124 valence electrons. The van der Waals surface area contributed by atoms with Crippen molar-refractivity contribution in [2.24, 2.45) is 0 Å². The van der Waals surface area contributed by atoms with Crippen molar-refractivity contribution in [3.63, 3.8) is 0 Å². The van der Waals surface area contributed by atoms with Crippen LogP contribution < -0.4 is 0 Å². The van der Waals surface area contributed by atoms with Crippen LogP contribution in [0.4, 0.5) is 0 Å². The van der Waals surface area contributed by atoms with E-state index in [1.165, 1.54) is 51.4 Å². The normalized spacial score (nSPS) is 10.4. The molecular weight excluding hydrogens is 300 g/mol. The van der Waals surface area contributed by atoms with Gasteiger partial charge in [0.25, 0.3) is 0 Å². The zero-order chi connectivity index (χ0) is 15.8. The van der Waals surface area contributed by atoms with Crippen molar-refractivity contribution < 1.29 is 8.42 Å². The van der Waals surface area contributed by atoms with Gasteiger partial charge in [0, 0.05) is 0 Å². The molecule has 0 saturated heterocycles. The molecule has 0 spiro atoms. The first kappa shape index (κ1) is 20.8. The summed E-state index contributed by atoms with van der Waals surface area (Å²) < 4.78 is 22.4. The second-order valence-corrected chi connectivity index (χ2v) is 7.01. The standard InChI is InChI=1S/C17H32O2S2/c1-3-5-7-9-10-11-13-15-17(21-19)16(20-18)14-12-8-6-4-2/h3-15H2,1-2H3. The van der Waals surface area contributed by atoms with Gasteiger partial charge in [-0.05, 0) is 25.7 Å². The maximum atomic E-state index is 11.2.